The minimum absolute atomic E-state index is 0.0162. The monoisotopic (exact) mass is 552 g/mol. The van der Waals surface area contributed by atoms with Crippen LogP contribution in [0.15, 0.2) is 34.1 Å². The molecule has 8 nitrogen and oxygen atoms in total. The summed E-state index contributed by atoms with van der Waals surface area (Å²) in [6.07, 6.45) is 7.01. The summed E-state index contributed by atoms with van der Waals surface area (Å²) >= 11 is 3.35. The van der Waals surface area contributed by atoms with E-state index in [0.717, 1.165) is 54.5 Å². The molecule has 2 atom stereocenters. The Bertz CT molecular complexity index is 1010. The molecular weight excluding hydrogens is 520 g/mol. The average Bonchev–Trinajstić information content (AvgIpc) is 3.49. The third-order valence-corrected chi connectivity index (χ3v) is 8.47. The van der Waals surface area contributed by atoms with Crippen LogP contribution in [0.4, 0.5) is 0 Å². The number of carbonyl (C=O) groups excluding carboxylic acids is 2. The van der Waals surface area contributed by atoms with E-state index >= 15 is 0 Å². The number of sulfonamides is 1. The molecule has 3 heterocycles. The zero-order valence-electron chi connectivity index (χ0n) is 19.4. The van der Waals surface area contributed by atoms with Crippen molar-refractivity contribution in [2.24, 2.45) is 0 Å². The van der Waals surface area contributed by atoms with Crippen LogP contribution in [-0.4, -0.2) is 86.3 Å². The van der Waals surface area contributed by atoms with Crippen molar-refractivity contribution >= 4 is 43.8 Å². The summed E-state index contributed by atoms with van der Waals surface area (Å²) in [6.45, 7) is 4.33. The minimum atomic E-state index is -3.80. The maximum atomic E-state index is 13.1. The van der Waals surface area contributed by atoms with E-state index in [1.54, 1.807) is 12.1 Å². The molecule has 4 rings (SSSR count). The summed E-state index contributed by atoms with van der Waals surface area (Å²) in [7, 11) is -3.80. The van der Waals surface area contributed by atoms with Gasteiger partial charge in [0.1, 0.15) is 6.04 Å². The van der Waals surface area contributed by atoms with Crippen LogP contribution >= 0.6 is 15.9 Å². The van der Waals surface area contributed by atoms with E-state index in [4.69, 9.17) is 0 Å². The lowest BCUT2D eigenvalue weighted by atomic mass is 10.1. The van der Waals surface area contributed by atoms with Crippen LogP contribution in [0.2, 0.25) is 0 Å². The number of nitrogens with zero attached hydrogens (tertiary/aromatic N) is 3. The van der Waals surface area contributed by atoms with Crippen molar-refractivity contribution in [3.05, 3.63) is 39.7 Å². The molecule has 34 heavy (non-hydrogen) atoms. The highest BCUT2D eigenvalue weighted by atomic mass is 79.9. The van der Waals surface area contributed by atoms with Gasteiger partial charge >= 0.3 is 0 Å². The number of hydrogen-bond donors (Lipinski definition) is 1. The van der Waals surface area contributed by atoms with Gasteiger partial charge < -0.3 is 14.7 Å². The van der Waals surface area contributed by atoms with Gasteiger partial charge in [-0.25, -0.2) is 8.42 Å². The molecule has 0 aromatic heterocycles. The Morgan fingerprint density at radius 2 is 1.74 bits per heavy atom. The number of likely N-dealkylation sites (tertiary alicyclic amines) is 3. The molecule has 3 aliphatic heterocycles. The molecule has 3 fully saturated rings. The molecule has 1 N–H and O–H groups in total. The van der Waals surface area contributed by atoms with Gasteiger partial charge in [-0.05, 0) is 75.4 Å². The van der Waals surface area contributed by atoms with E-state index in [2.05, 4.69) is 25.6 Å². The third-order valence-electron chi connectivity index (χ3n) is 6.84. The number of benzene rings is 1. The maximum absolute atomic E-state index is 13.1. The van der Waals surface area contributed by atoms with Gasteiger partial charge in [-0.1, -0.05) is 28.1 Å². The van der Waals surface area contributed by atoms with Gasteiger partial charge in [-0.3, -0.25) is 9.59 Å². The Morgan fingerprint density at radius 1 is 1.03 bits per heavy atom. The first-order chi connectivity index (χ1) is 16.3. The molecule has 3 saturated heterocycles. The fraction of sp³-hybridized carbons (Fsp3) is 0.583. The summed E-state index contributed by atoms with van der Waals surface area (Å²) < 4.78 is 28.6. The lowest BCUT2D eigenvalue weighted by Crippen LogP contribution is -2.55. The SMILES string of the molecule is O=C1[C@@H](NS(=O)(=O)/C=C/c2ccc(Br)cc2)CCCN1CC(=O)N1CCC[C@H]1CN1CCCC1. The number of carbonyl (C=O) groups is 2. The summed E-state index contributed by atoms with van der Waals surface area (Å²) in [6, 6.07) is 6.61. The first-order valence-corrected chi connectivity index (χ1v) is 14.4. The van der Waals surface area contributed by atoms with Crippen LogP contribution in [0.1, 0.15) is 44.1 Å². The molecule has 0 saturated carbocycles. The number of nitrogens with one attached hydrogen (secondary N) is 1. The highest BCUT2D eigenvalue weighted by Crippen LogP contribution is 2.22. The van der Waals surface area contributed by atoms with Gasteiger partial charge in [0.25, 0.3) is 0 Å². The van der Waals surface area contributed by atoms with Gasteiger partial charge in [0.05, 0.1) is 6.54 Å². The summed E-state index contributed by atoms with van der Waals surface area (Å²) in [5.74, 6) is -0.357. The molecular formula is C24H33BrN4O4S. The normalized spacial score (nSPS) is 24.4. The van der Waals surface area contributed by atoms with Crippen LogP contribution < -0.4 is 4.72 Å². The summed E-state index contributed by atoms with van der Waals surface area (Å²) in [5.41, 5.74) is 0.741. The molecule has 186 valence electrons. The predicted octanol–water partition coefficient (Wildman–Crippen LogP) is 2.42. The van der Waals surface area contributed by atoms with Gasteiger partial charge in [-0.15, -0.1) is 0 Å². The van der Waals surface area contributed by atoms with Crippen molar-refractivity contribution in [3.8, 4) is 0 Å². The molecule has 0 radical (unpaired) electrons. The van der Waals surface area contributed by atoms with E-state index in [9.17, 15) is 18.0 Å². The van der Waals surface area contributed by atoms with E-state index in [1.165, 1.54) is 23.8 Å². The van der Waals surface area contributed by atoms with Gasteiger partial charge in [0.2, 0.25) is 21.8 Å². The lowest BCUT2D eigenvalue weighted by Gasteiger charge is -2.34. The molecule has 1 aromatic rings. The number of rotatable bonds is 8. The zero-order valence-corrected chi connectivity index (χ0v) is 21.8. The highest BCUT2D eigenvalue weighted by Gasteiger charge is 2.36. The number of hydrogen-bond acceptors (Lipinski definition) is 5. The molecule has 1 aromatic carbocycles. The minimum Gasteiger partial charge on any atom is -0.337 e. The van der Waals surface area contributed by atoms with Crippen LogP contribution in [-0.2, 0) is 19.6 Å². The Morgan fingerprint density at radius 3 is 2.47 bits per heavy atom. The second-order valence-electron chi connectivity index (χ2n) is 9.36. The molecule has 0 aliphatic carbocycles. The molecule has 3 aliphatic rings. The van der Waals surface area contributed by atoms with Crippen LogP contribution in [0.3, 0.4) is 0 Å². The topological polar surface area (TPSA) is 90.0 Å². The second-order valence-corrected chi connectivity index (χ2v) is 11.9. The highest BCUT2D eigenvalue weighted by molar-refractivity contribution is 9.10. The van der Waals surface area contributed by atoms with Crippen molar-refractivity contribution < 1.29 is 18.0 Å². The van der Waals surface area contributed by atoms with Crippen molar-refractivity contribution in [2.45, 2.75) is 50.6 Å². The van der Waals surface area contributed by atoms with Gasteiger partial charge in [0.15, 0.2) is 0 Å². The number of amides is 2. The smallest absolute Gasteiger partial charge is 0.242 e. The van der Waals surface area contributed by atoms with Crippen molar-refractivity contribution in [2.75, 3.05) is 39.3 Å². The Labute approximate surface area is 210 Å². The van der Waals surface area contributed by atoms with Crippen LogP contribution in [0, 0.1) is 0 Å². The zero-order chi connectivity index (χ0) is 24.1. The molecule has 10 heteroatoms. The summed E-state index contributed by atoms with van der Waals surface area (Å²) in [5, 5.41) is 1.08. The van der Waals surface area contributed by atoms with Crippen molar-refractivity contribution in [3.63, 3.8) is 0 Å². The number of piperidine rings is 1. The predicted molar refractivity (Wildman–Crippen MR) is 135 cm³/mol. The van der Waals surface area contributed by atoms with Crippen molar-refractivity contribution in [1.82, 2.24) is 19.4 Å². The van der Waals surface area contributed by atoms with Crippen molar-refractivity contribution in [1.29, 1.82) is 0 Å². The van der Waals surface area contributed by atoms with E-state index in [-0.39, 0.29) is 24.4 Å². The maximum Gasteiger partial charge on any atom is 0.242 e. The third kappa shape index (κ3) is 6.68. The van der Waals surface area contributed by atoms with E-state index < -0.39 is 16.1 Å². The molecule has 0 spiro atoms. The Kier molecular flexibility index (Phi) is 8.44. The van der Waals surface area contributed by atoms with Gasteiger partial charge in [-0.2, -0.15) is 4.72 Å². The van der Waals surface area contributed by atoms with Gasteiger partial charge in [0, 0.05) is 35.6 Å². The standard InChI is InChI=1S/C24H33BrN4O4S/c25-20-9-7-19(8-10-20)11-16-34(32,33)26-22-6-4-14-28(24(22)31)18-23(30)29-15-3-5-21(29)17-27-12-1-2-13-27/h7-11,16,21-22,26H,1-6,12-15,17-18H2/b16-11+/t21-,22-/m0/s1. The molecule has 0 bridgehead atoms. The summed E-state index contributed by atoms with van der Waals surface area (Å²) in [4.78, 5) is 32.0. The fourth-order valence-corrected chi connectivity index (χ4v) is 6.35. The van der Waals surface area contributed by atoms with Crippen LogP contribution in [0.25, 0.3) is 6.08 Å². The molecule has 2 amide bonds. The first kappa shape index (κ1) is 25.3. The number of halogens is 1. The second kappa shape index (κ2) is 11.3. The fourth-order valence-electron chi connectivity index (χ4n) is 5.06. The van der Waals surface area contributed by atoms with Crippen LogP contribution in [0.5, 0.6) is 0 Å². The largest absolute Gasteiger partial charge is 0.337 e. The lowest BCUT2D eigenvalue weighted by molar-refractivity contribution is -0.143. The van der Waals surface area contributed by atoms with E-state index in [0.29, 0.717) is 19.4 Å². The first-order valence-electron chi connectivity index (χ1n) is 12.1. The Balaban J connectivity index is 1.33. The quantitative estimate of drug-likeness (QED) is 0.534. The average molecular weight is 554 g/mol. The Hall–Kier alpha value is -1.75. The molecule has 0 unspecified atom stereocenters. The van der Waals surface area contributed by atoms with E-state index in [1.807, 2.05) is 17.0 Å².